The van der Waals surface area contributed by atoms with E-state index in [0.29, 0.717) is 29.1 Å². The summed E-state index contributed by atoms with van der Waals surface area (Å²) in [5, 5.41) is 11.8. The Kier molecular flexibility index (Phi) is 7.68. The molecule has 0 fully saturated rings. The minimum atomic E-state index is -0.934. The largest absolute Gasteiger partial charge is 0.490 e. The number of hydrogen-bond donors (Lipinski definition) is 2. The molecule has 0 saturated carbocycles. The predicted octanol–water partition coefficient (Wildman–Crippen LogP) is 4.39. The summed E-state index contributed by atoms with van der Waals surface area (Å²) in [6, 6.07) is 7.98. The second kappa shape index (κ2) is 9.75. The summed E-state index contributed by atoms with van der Waals surface area (Å²) < 4.78 is 25.9. The van der Waals surface area contributed by atoms with E-state index in [4.69, 9.17) is 26.2 Å². The lowest BCUT2D eigenvalue weighted by atomic mass is 10.2. The van der Waals surface area contributed by atoms with Crippen LogP contribution >= 0.6 is 27.5 Å². The third kappa shape index (κ3) is 5.59. The highest BCUT2D eigenvalue weighted by molar-refractivity contribution is 9.10. The van der Waals surface area contributed by atoms with Crippen LogP contribution in [0.2, 0.25) is 5.02 Å². The highest BCUT2D eigenvalue weighted by atomic mass is 79.9. The van der Waals surface area contributed by atoms with Crippen molar-refractivity contribution in [1.82, 2.24) is 5.32 Å². The lowest BCUT2D eigenvalue weighted by molar-refractivity contribution is -0.135. The molecule has 0 bridgehead atoms. The Bertz CT molecular complexity index is 768. The van der Waals surface area contributed by atoms with Gasteiger partial charge in [-0.05, 0) is 52.7 Å². The zero-order valence-electron chi connectivity index (χ0n) is 14.0. The maximum atomic E-state index is 13.9. The minimum Gasteiger partial charge on any atom is -0.490 e. The first-order valence-corrected chi connectivity index (χ1v) is 9.02. The number of hydrogen-bond acceptors (Lipinski definition) is 4. The maximum absolute atomic E-state index is 13.9. The van der Waals surface area contributed by atoms with E-state index >= 15 is 0 Å². The van der Waals surface area contributed by atoms with Crippen molar-refractivity contribution < 1.29 is 23.8 Å². The van der Waals surface area contributed by atoms with Crippen molar-refractivity contribution in [3.05, 3.63) is 56.8 Å². The second-order valence-corrected chi connectivity index (χ2v) is 6.59. The third-order valence-corrected chi connectivity index (χ3v) is 4.34. The third-order valence-electron chi connectivity index (χ3n) is 3.40. The molecule has 2 rings (SSSR count). The van der Waals surface area contributed by atoms with E-state index in [1.807, 2.05) is 6.92 Å². The monoisotopic (exact) mass is 445 g/mol. The average molecular weight is 447 g/mol. The Labute approximate surface area is 164 Å². The van der Waals surface area contributed by atoms with E-state index in [1.165, 1.54) is 12.1 Å². The van der Waals surface area contributed by atoms with Gasteiger partial charge in [0.05, 0.1) is 22.6 Å². The highest BCUT2D eigenvalue weighted by Gasteiger charge is 2.15. The van der Waals surface area contributed by atoms with E-state index in [9.17, 15) is 9.18 Å². The summed E-state index contributed by atoms with van der Waals surface area (Å²) >= 11 is 9.45. The van der Waals surface area contributed by atoms with Gasteiger partial charge < -0.3 is 19.9 Å². The molecule has 0 heterocycles. The topological polar surface area (TPSA) is 67.8 Å². The first kappa shape index (κ1) is 20.5. The number of rotatable bonds is 9. The standard InChI is InChI=1S/C18H18BrClFNO4/c1-2-25-16-7-11(8-22-9-17(23)24)6-13(19)18(16)26-10-12-14(20)4-3-5-15(12)21/h3-7,22H,2,8-10H2,1H3,(H,23,24). The molecule has 2 N–H and O–H groups in total. The van der Waals surface area contributed by atoms with Crippen LogP contribution in [0.3, 0.4) is 0 Å². The number of carboxylic acids is 1. The zero-order valence-corrected chi connectivity index (χ0v) is 16.4. The molecular weight excluding hydrogens is 429 g/mol. The van der Waals surface area contributed by atoms with Crippen molar-refractivity contribution in [2.24, 2.45) is 0 Å². The molecule has 8 heteroatoms. The van der Waals surface area contributed by atoms with Crippen molar-refractivity contribution in [2.75, 3.05) is 13.2 Å². The van der Waals surface area contributed by atoms with Gasteiger partial charge in [0.25, 0.3) is 0 Å². The first-order valence-electron chi connectivity index (χ1n) is 7.85. The summed E-state index contributed by atoms with van der Waals surface area (Å²) in [5.41, 5.74) is 1.08. The molecule has 0 aliphatic heterocycles. The number of nitrogens with one attached hydrogen (secondary N) is 1. The summed E-state index contributed by atoms with van der Waals surface area (Å²) in [7, 11) is 0. The van der Waals surface area contributed by atoms with E-state index < -0.39 is 11.8 Å². The SMILES string of the molecule is CCOc1cc(CNCC(=O)O)cc(Br)c1OCc1c(F)cccc1Cl. The van der Waals surface area contributed by atoms with Crippen molar-refractivity contribution in [3.8, 4) is 11.5 Å². The number of carboxylic acid groups (broad SMARTS) is 1. The fraction of sp³-hybridized carbons (Fsp3) is 0.278. The summed E-state index contributed by atoms with van der Waals surface area (Å²) in [6.45, 7) is 2.40. The quantitative estimate of drug-likeness (QED) is 0.598. The van der Waals surface area contributed by atoms with Crippen LogP contribution in [0, 0.1) is 5.82 Å². The van der Waals surface area contributed by atoms with Gasteiger partial charge in [0.15, 0.2) is 11.5 Å². The molecule has 0 radical (unpaired) electrons. The zero-order chi connectivity index (χ0) is 19.1. The van der Waals surface area contributed by atoms with Gasteiger partial charge in [-0.15, -0.1) is 0 Å². The molecule has 0 aliphatic carbocycles. The van der Waals surface area contributed by atoms with Crippen LogP contribution in [0.25, 0.3) is 0 Å². The van der Waals surface area contributed by atoms with Gasteiger partial charge >= 0.3 is 5.97 Å². The van der Waals surface area contributed by atoms with Gasteiger partial charge in [0, 0.05) is 12.1 Å². The fourth-order valence-corrected chi connectivity index (χ4v) is 3.08. The second-order valence-electron chi connectivity index (χ2n) is 5.32. The molecule has 0 aliphatic rings. The maximum Gasteiger partial charge on any atom is 0.317 e. The molecule has 0 unspecified atom stereocenters. The lowest BCUT2D eigenvalue weighted by Gasteiger charge is -2.16. The highest BCUT2D eigenvalue weighted by Crippen LogP contribution is 2.38. The molecule has 2 aromatic rings. The Morgan fingerprint density at radius 2 is 2.12 bits per heavy atom. The van der Waals surface area contributed by atoms with E-state index in [0.717, 1.165) is 5.56 Å². The van der Waals surface area contributed by atoms with Gasteiger partial charge in [-0.2, -0.15) is 0 Å². The predicted molar refractivity (Wildman–Crippen MR) is 100 cm³/mol. The Balaban J connectivity index is 2.20. The van der Waals surface area contributed by atoms with Crippen LogP contribution in [0.4, 0.5) is 4.39 Å². The van der Waals surface area contributed by atoms with Gasteiger partial charge in [-0.1, -0.05) is 17.7 Å². The van der Waals surface area contributed by atoms with Gasteiger partial charge in [0.2, 0.25) is 0 Å². The lowest BCUT2D eigenvalue weighted by Crippen LogP contribution is -2.21. The van der Waals surface area contributed by atoms with Crippen molar-refractivity contribution in [2.45, 2.75) is 20.1 Å². The molecular formula is C18H18BrClFNO4. The molecule has 0 atom stereocenters. The Hall–Kier alpha value is -1.83. The van der Waals surface area contributed by atoms with E-state index in [2.05, 4.69) is 21.2 Å². The number of benzene rings is 2. The number of aliphatic carboxylic acids is 1. The average Bonchev–Trinajstić information content (AvgIpc) is 2.56. The van der Waals surface area contributed by atoms with Crippen molar-refractivity contribution in [3.63, 3.8) is 0 Å². The molecule has 0 amide bonds. The van der Waals surface area contributed by atoms with Gasteiger partial charge in [-0.25, -0.2) is 4.39 Å². The molecule has 0 saturated heterocycles. The molecule has 26 heavy (non-hydrogen) atoms. The first-order chi connectivity index (χ1) is 12.4. The molecule has 0 spiro atoms. The Morgan fingerprint density at radius 1 is 1.35 bits per heavy atom. The van der Waals surface area contributed by atoms with E-state index in [1.54, 1.807) is 18.2 Å². The number of ether oxygens (including phenoxy) is 2. The van der Waals surface area contributed by atoms with Gasteiger partial charge in [0.1, 0.15) is 12.4 Å². The van der Waals surface area contributed by atoms with Crippen molar-refractivity contribution >= 4 is 33.5 Å². The molecule has 5 nitrogen and oxygen atoms in total. The number of halogens is 3. The van der Waals surface area contributed by atoms with Crippen LogP contribution in [0.1, 0.15) is 18.1 Å². The van der Waals surface area contributed by atoms with Gasteiger partial charge in [-0.3, -0.25) is 4.79 Å². The molecule has 140 valence electrons. The fourth-order valence-electron chi connectivity index (χ4n) is 2.25. The number of carbonyl (C=O) groups is 1. The smallest absolute Gasteiger partial charge is 0.317 e. The van der Waals surface area contributed by atoms with Crippen LogP contribution in [0.15, 0.2) is 34.8 Å². The molecule has 2 aromatic carbocycles. The summed E-state index contributed by atoms with van der Waals surface area (Å²) in [6.07, 6.45) is 0. The van der Waals surface area contributed by atoms with Crippen LogP contribution < -0.4 is 14.8 Å². The minimum absolute atomic E-state index is 0.0548. The van der Waals surface area contributed by atoms with Crippen molar-refractivity contribution in [1.29, 1.82) is 0 Å². The summed E-state index contributed by atoms with van der Waals surface area (Å²) in [4.78, 5) is 10.6. The Morgan fingerprint density at radius 3 is 2.77 bits per heavy atom. The van der Waals surface area contributed by atoms with Crippen LogP contribution in [-0.4, -0.2) is 24.2 Å². The normalized spacial score (nSPS) is 10.6. The van der Waals surface area contributed by atoms with E-state index in [-0.39, 0.29) is 23.7 Å². The van der Waals surface area contributed by atoms with Crippen LogP contribution in [-0.2, 0) is 17.9 Å². The van der Waals surface area contributed by atoms with Crippen LogP contribution in [0.5, 0.6) is 11.5 Å². The summed E-state index contributed by atoms with van der Waals surface area (Å²) in [5.74, 6) is -0.480. The molecule has 0 aromatic heterocycles.